The molecule has 1 atom stereocenters. The normalized spacial score (nSPS) is 22.3. The van der Waals surface area contributed by atoms with E-state index < -0.39 is 5.97 Å². The lowest BCUT2D eigenvalue weighted by Gasteiger charge is -2.37. The van der Waals surface area contributed by atoms with Crippen LogP contribution in [0.5, 0.6) is 0 Å². The average Bonchev–Trinajstić information content (AvgIpc) is 2.15. The number of carboxylic acids is 1. The molecule has 0 saturated carbocycles. The number of ether oxygens (including phenoxy) is 1. The molecule has 1 fully saturated rings. The van der Waals surface area contributed by atoms with Crippen molar-refractivity contribution in [2.45, 2.75) is 51.1 Å². The summed E-state index contributed by atoms with van der Waals surface area (Å²) in [4.78, 5) is 10.4. The second kappa shape index (κ2) is 5.47. The van der Waals surface area contributed by atoms with Gasteiger partial charge in [0.1, 0.15) is 0 Å². The Kier molecular flexibility index (Phi) is 4.54. The number of hydrogen-bond acceptors (Lipinski definition) is 3. The molecule has 0 aromatic rings. The van der Waals surface area contributed by atoms with Crippen molar-refractivity contribution in [3.05, 3.63) is 0 Å². The van der Waals surface area contributed by atoms with E-state index in [0.29, 0.717) is 6.42 Å². The molecule has 15 heavy (non-hydrogen) atoms. The van der Waals surface area contributed by atoms with Gasteiger partial charge in [0.15, 0.2) is 0 Å². The van der Waals surface area contributed by atoms with Crippen LogP contribution in [0.4, 0.5) is 0 Å². The zero-order valence-electron chi connectivity index (χ0n) is 9.58. The van der Waals surface area contributed by atoms with E-state index in [2.05, 4.69) is 12.2 Å². The van der Waals surface area contributed by atoms with Crippen LogP contribution >= 0.6 is 0 Å². The first kappa shape index (κ1) is 12.5. The molecule has 1 aliphatic rings. The molecule has 1 rings (SSSR count). The highest BCUT2D eigenvalue weighted by Gasteiger charge is 2.28. The van der Waals surface area contributed by atoms with E-state index in [0.717, 1.165) is 26.1 Å². The van der Waals surface area contributed by atoms with E-state index in [4.69, 9.17) is 9.84 Å². The molecule has 0 amide bonds. The van der Waals surface area contributed by atoms with Gasteiger partial charge in [-0.15, -0.1) is 0 Å². The van der Waals surface area contributed by atoms with Crippen molar-refractivity contribution in [1.82, 2.24) is 5.32 Å². The van der Waals surface area contributed by atoms with Crippen LogP contribution < -0.4 is 5.32 Å². The number of aliphatic carboxylic acids is 1. The maximum absolute atomic E-state index is 10.4. The van der Waals surface area contributed by atoms with Crippen molar-refractivity contribution in [3.8, 4) is 0 Å². The van der Waals surface area contributed by atoms with Gasteiger partial charge in [-0.3, -0.25) is 4.79 Å². The predicted octanol–water partition coefficient (Wildman–Crippen LogP) is 1.40. The Bertz CT molecular complexity index is 212. The van der Waals surface area contributed by atoms with E-state index in [-0.39, 0.29) is 18.0 Å². The fraction of sp³-hybridized carbons (Fsp3) is 0.909. The summed E-state index contributed by atoms with van der Waals surface area (Å²) in [6, 6.07) is 0.254. The van der Waals surface area contributed by atoms with Gasteiger partial charge < -0.3 is 15.2 Å². The number of nitrogens with one attached hydrogen (secondary N) is 1. The van der Waals surface area contributed by atoms with Crippen LogP contribution in [0.2, 0.25) is 0 Å². The third-order valence-electron chi connectivity index (χ3n) is 2.98. The molecule has 4 nitrogen and oxygen atoms in total. The van der Waals surface area contributed by atoms with Gasteiger partial charge in [-0.1, -0.05) is 0 Å². The highest BCUT2D eigenvalue weighted by Crippen LogP contribution is 2.21. The molecule has 1 unspecified atom stereocenters. The Morgan fingerprint density at radius 2 is 2.13 bits per heavy atom. The summed E-state index contributed by atoms with van der Waals surface area (Å²) < 4.78 is 5.31. The van der Waals surface area contributed by atoms with Crippen molar-refractivity contribution in [1.29, 1.82) is 0 Å². The summed E-state index contributed by atoms with van der Waals surface area (Å²) in [6.07, 6.45) is 2.93. The van der Waals surface area contributed by atoms with Crippen LogP contribution in [0.1, 0.15) is 39.5 Å². The summed E-state index contributed by atoms with van der Waals surface area (Å²) in [6.45, 7) is 5.83. The fourth-order valence-corrected chi connectivity index (χ4v) is 1.97. The lowest BCUT2D eigenvalue weighted by Crippen LogP contribution is -2.50. The van der Waals surface area contributed by atoms with Gasteiger partial charge in [-0.2, -0.15) is 0 Å². The summed E-state index contributed by atoms with van der Waals surface area (Å²) in [5.41, 5.74) is 0.121. The molecule has 4 heteroatoms. The molecule has 1 aliphatic heterocycles. The second-order valence-corrected chi connectivity index (χ2v) is 4.65. The average molecular weight is 215 g/mol. The van der Waals surface area contributed by atoms with Crippen molar-refractivity contribution in [2.75, 3.05) is 13.2 Å². The minimum Gasteiger partial charge on any atom is -0.481 e. The largest absolute Gasteiger partial charge is 0.481 e. The molecular weight excluding hydrogens is 194 g/mol. The smallest absolute Gasteiger partial charge is 0.303 e. The van der Waals surface area contributed by atoms with E-state index in [1.807, 2.05) is 6.92 Å². The molecule has 88 valence electrons. The van der Waals surface area contributed by atoms with E-state index in [1.54, 1.807) is 0 Å². The molecule has 0 aromatic carbocycles. The van der Waals surface area contributed by atoms with Gasteiger partial charge in [-0.25, -0.2) is 0 Å². The minimum atomic E-state index is -0.721. The number of hydrogen-bond donors (Lipinski definition) is 2. The molecule has 0 aliphatic carbocycles. The molecular formula is C11H21NO3. The molecule has 0 aromatic heterocycles. The van der Waals surface area contributed by atoms with Crippen LogP contribution in [-0.4, -0.2) is 35.9 Å². The maximum atomic E-state index is 10.4. The number of carbonyl (C=O) groups is 1. The summed E-state index contributed by atoms with van der Waals surface area (Å²) in [5, 5.41) is 12.1. The van der Waals surface area contributed by atoms with Crippen LogP contribution in [-0.2, 0) is 9.53 Å². The van der Waals surface area contributed by atoms with Crippen molar-refractivity contribution in [3.63, 3.8) is 0 Å². The third-order valence-corrected chi connectivity index (χ3v) is 2.98. The topological polar surface area (TPSA) is 58.6 Å². The van der Waals surface area contributed by atoms with Crippen LogP contribution in [0.3, 0.4) is 0 Å². The number of rotatable bonds is 5. The fourth-order valence-electron chi connectivity index (χ4n) is 1.97. The molecule has 2 N–H and O–H groups in total. The predicted molar refractivity (Wildman–Crippen MR) is 57.9 cm³/mol. The first-order valence-corrected chi connectivity index (χ1v) is 5.59. The Morgan fingerprint density at radius 1 is 1.53 bits per heavy atom. The Morgan fingerprint density at radius 3 is 2.67 bits per heavy atom. The van der Waals surface area contributed by atoms with Gasteiger partial charge in [0.05, 0.1) is 0 Å². The van der Waals surface area contributed by atoms with Crippen LogP contribution in [0.25, 0.3) is 0 Å². The van der Waals surface area contributed by atoms with Crippen molar-refractivity contribution < 1.29 is 14.6 Å². The van der Waals surface area contributed by atoms with Gasteiger partial charge >= 0.3 is 5.97 Å². The van der Waals surface area contributed by atoms with Crippen LogP contribution in [0, 0.1) is 0 Å². The Hall–Kier alpha value is -0.610. The lowest BCUT2D eigenvalue weighted by atomic mass is 9.91. The van der Waals surface area contributed by atoms with E-state index in [1.165, 1.54) is 0 Å². The van der Waals surface area contributed by atoms with Crippen LogP contribution in [0.15, 0.2) is 0 Å². The van der Waals surface area contributed by atoms with Gasteiger partial charge in [0.25, 0.3) is 0 Å². The SMILES string of the molecule is CC(CCC(=O)O)NC1(C)CCOCC1. The Labute approximate surface area is 91.0 Å². The van der Waals surface area contributed by atoms with Gasteiger partial charge in [0, 0.05) is 31.2 Å². The second-order valence-electron chi connectivity index (χ2n) is 4.65. The summed E-state index contributed by atoms with van der Waals surface area (Å²) in [7, 11) is 0. The van der Waals surface area contributed by atoms with Gasteiger partial charge in [0.2, 0.25) is 0 Å². The minimum absolute atomic E-state index is 0.121. The first-order valence-electron chi connectivity index (χ1n) is 5.59. The molecule has 0 radical (unpaired) electrons. The molecule has 1 heterocycles. The van der Waals surface area contributed by atoms with Crippen molar-refractivity contribution in [2.24, 2.45) is 0 Å². The van der Waals surface area contributed by atoms with Gasteiger partial charge in [-0.05, 0) is 33.1 Å². The van der Waals surface area contributed by atoms with Crippen molar-refractivity contribution >= 4 is 5.97 Å². The molecule has 1 saturated heterocycles. The van der Waals surface area contributed by atoms with E-state index in [9.17, 15) is 4.79 Å². The number of carboxylic acid groups (broad SMARTS) is 1. The maximum Gasteiger partial charge on any atom is 0.303 e. The summed E-state index contributed by atoms with van der Waals surface area (Å²) >= 11 is 0. The summed E-state index contributed by atoms with van der Waals surface area (Å²) in [5.74, 6) is -0.721. The third kappa shape index (κ3) is 4.62. The zero-order valence-corrected chi connectivity index (χ0v) is 9.58. The monoisotopic (exact) mass is 215 g/mol. The zero-order chi connectivity index (χ0) is 11.3. The Balaban J connectivity index is 2.28. The highest BCUT2D eigenvalue weighted by atomic mass is 16.5. The highest BCUT2D eigenvalue weighted by molar-refractivity contribution is 5.66. The van der Waals surface area contributed by atoms with E-state index >= 15 is 0 Å². The first-order chi connectivity index (χ1) is 7.02. The molecule has 0 spiro atoms. The quantitative estimate of drug-likeness (QED) is 0.727. The molecule has 0 bridgehead atoms. The lowest BCUT2D eigenvalue weighted by molar-refractivity contribution is -0.137. The standard InChI is InChI=1S/C11H21NO3/c1-9(3-4-10(13)14)12-11(2)5-7-15-8-6-11/h9,12H,3-8H2,1-2H3,(H,13,14).